The summed E-state index contributed by atoms with van der Waals surface area (Å²) in [5, 5.41) is 2.61. The van der Waals surface area contributed by atoms with Gasteiger partial charge in [0, 0.05) is 20.1 Å². The molecular weight excluding hydrogens is 156 g/mol. The number of nitrogens with one attached hydrogen (secondary N) is 1. The number of amides is 2. The van der Waals surface area contributed by atoms with Crippen LogP contribution in [-0.2, 0) is 4.74 Å². The molecule has 0 radical (unpaired) electrons. The number of ether oxygens (including phenoxy) is 1. The lowest BCUT2D eigenvalue weighted by atomic mass is 10.2. The molecule has 1 aliphatic heterocycles. The first-order valence-electron chi connectivity index (χ1n) is 4.25. The van der Waals surface area contributed by atoms with Crippen molar-refractivity contribution >= 4 is 6.03 Å². The van der Waals surface area contributed by atoms with Crippen LogP contribution in [0.5, 0.6) is 0 Å². The van der Waals surface area contributed by atoms with Gasteiger partial charge in [0.15, 0.2) is 0 Å². The summed E-state index contributed by atoms with van der Waals surface area (Å²) in [4.78, 5) is 13.0. The lowest BCUT2D eigenvalue weighted by Gasteiger charge is -2.34. The summed E-state index contributed by atoms with van der Waals surface area (Å²) in [5.41, 5.74) is 0. The lowest BCUT2D eigenvalue weighted by Crippen LogP contribution is -2.50. The van der Waals surface area contributed by atoms with Crippen LogP contribution in [0.2, 0.25) is 0 Å². The second-order valence-electron chi connectivity index (χ2n) is 3.22. The van der Waals surface area contributed by atoms with Crippen molar-refractivity contribution in [3.63, 3.8) is 0 Å². The molecule has 0 saturated carbocycles. The summed E-state index contributed by atoms with van der Waals surface area (Å²) in [6, 6.07) is -0.0167. The van der Waals surface area contributed by atoms with Crippen LogP contribution in [0, 0.1) is 0 Å². The second-order valence-corrected chi connectivity index (χ2v) is 3.22. The first-order valence-corrected chi connectivity index (χ1v) is 4.25. The van der Waals surface area contributed by atoms with E-state index in [9.17, 15) is 4.79 Å². The van der Waals surface area contributed by atoms with Gasteiger partial charge in [-0.1, -0.05) is 0 Å². The zero-order valence-electron chi connectivity index (χ0n) is 7.83. The molecule has 1 heterocycles. The Morgan fingerprint density at radius 3 is 2.33 bits per heavy atom. The van der Waals surface area contributed by atoms with Gasteiger partial charge in [0.25, 0.3) is 0 Å². The minimum atomic E-state index is -0.0167. The molecule has 1 saturated heterocycles. The van der Waals surface area contributed by atoms with Gasteiger partial charge in [-0.05, 0) is 13.8 Å². The predicted molar refractivity (Wildman–Crippen MR) is 46.0 cm³/mol. The Labute approximate surface area is 72.9 Å². The fraction of sp³-hybridized carbons (Fsp3) is 0.875. The van der Waals surface area contributed by atoms with Crippen molar-refractivity contribution < 1.29 is 9.53 Å². The van der Waals surface area contributed by atoms with Crippen LogP contribution in [0.4, 0.5) is 4.79 Å². The highest BCUT2D eigenvalue weighted by Crippen LogP contribution is 2.09. The van der Waals surface area contributed by atoms with E-state index in [1.807, 2.05) is 13.8 Å². The number of hydrogen-bond donors (Lipinski definition) is 1. The van der Waals surface area contributed by atoms with Gasteiger partial charge in [-0.3, -0.25) is 0 Å². The Bertz CT molecular complexity index is 162. The molecule has 1 unspecified atom stereocenters. The molecule has 1 N–H and O–H groups in total. The number of carbonyl (C=O) groups excluding carboxylic acids is 1. The lowest BCUT2D eigenvalue weighted by molar-refractivity contribution is -0.0543. The van der Waals surface area contributed by atoms with E-state index < -0.39 is 0 Å². The van der Waals surface area contributed by atoms with Gasteiger partial charge in [-0.25, -0.2) is 4.79 Å². The van der Waals surface area contributed by atoms with Crippen molar-refractivity contribution in [2.45, 2.75) is 26.1 Å². The Morgan fingerprint density at radius 1 is 1.42 bits per heavy atom. The number of morpholine rings is 1. The number of rotatable bonds is 0. The van der Waals surface area contributed by atoms with Gasteiger partial charge in [0.05, 0.1) is 12.2 Å². The topological polar surface area (TPSA) is 41.6 Å². The molecule has 4 nitrogen and oxygen atoms in total. The fourth-order valence-corrected chi connectivity index (χ4v) is 1.50. The third-order valence-corrected chi connectivity index (χ3v) is 1.92. The SMILES string of the molecule is CNC(=O)N1CC(C)O[C@@H](C)C1. The molecule has 0 aromatic heterocycles. The molecule has 0 aromatic rings. The van der Waals surface area contributed by atoms with E-state index in [2.05, 4.69) is 5.32 Å². The Morgan fingerprint density at radius 2 is 1.92 bits per heavy atom. The summed E-state index contributed by atoms with van der Waals surface area (Å²) in [6.45, 7) is 5.32. The third-order valence-electron chi connectivity index (χ3n) is 1.92. The van der Waals surface area contributed by atoms with Crippen molar-refractivity contribution in [1.82, 2.24) is 10.2 Å². The predicted octanol–water partition coefficient (Wildman–Crippen LogP) is 0.435. The first-order chi connectivity index (χ1) is 5.63. The van der Waals surface area contributed by atoms with Gasteiger partial charge in [-0.2, -0.15) is 0 Å². The monoisotopic (exact) mass is 172 g/mol. The minimum Gasteiger partial charge on any atom is -0.372 e. The molecular formula is C8H16N2O2. The third kappa shape index (κ3) is 2.11. The van der Waals surface area contributed by atoms with Crippen LogP contribution in [0.1, 0.15) is 13.8 Å². The van der Waals surface area contributed by atoms with E-state index in [1.165, 1.54) is 0 Å². The van der Waals surface area contributed by atoms with Gasteiger partial charge in [-0.15, -0.1) is 0 Å². The molecule has 0 spiro atoms. The zero-order valence-corrected chi connectivity index (χ0v) is 7.83. The Kier molecular flexibility index (Phi) is 2.92. The largest absolute Gasteiger partial charge is 0.372 e. The van der Waals surface area contributed by atoms with Gasteiger partial charge in [0.2, 0.25) is 0 Å². The fourth-order valence-electron chi connectivity index (χ4n) is 1.50. The first kappa shape index (κ1) is 9.32. The Hall–Kier alpha value is -0.770. The molecule has 2 amide bonds. The summed E-state index contributed by atoms with van der Waals surface area (Å²) in [7, 11) is 1.65. The van der Waals surface area contributed by atoms with Crippen LogP contribution in [0.15, 0.2) is 0 Å². The van der Waals surface area contributed by atoms with Crippen molar-refractivity contribution in [2.24, 2.45) is 0 Å². The number of nitrogens with zero attached hydrogens (tertiary/aromatic N) is 1. The zero-order chi connectivity index (χ0) is 9.14. The number of urea groups is 1. The van der Waals surface area contributed by atoms with Crippen molar-refractivity contribution in [2.75, 3.05) is 20.1 Å². The van der Waals surface area contributed by atoms with E-state index >= 15 is 0 Å². The average molecular weight is 172 g/mol. The summed E-state index contributed by atoms with van der Waals surface area (Å²) >= 11 is 0. The van der Waals surface area contributed by atoms with Crippen molar-refractivity contribution in [3.05, 3.63) is 0 Å². The molecule has 4 heteroatoms. The van der Waals surface area contributed by atoms with Crippen LogP contribution >= 0.6 is 0 Å². The van der Waals surface area contributed by atoms with E-state index in [0.717, 1.165) is 0 Å². The Balaban J connectivity index is 2.49. The maximum absolute atomic E-state index is 11.2. The van der Waals surface area contributed by atoms with Crippen LogP contribution < -0.4 is 5.32 Å². The molecule has 1 aliphatic rings. The molecule has 12 heavy (non-hydrogen) atoms. The number of hydrogen-bond acceptors (Lipinski definition) is 2. The van der Waals surface area contributed by atoms with E-state index in [0.29, 0.717) is 13.1 Å². The highest BCUT2D eigenvalue weighted by molar-refractivity contribution is 5.73. The van der Waals surface area contributed by atoms with E-state index in [1.54, 1.807) is 11.9 Å². The quantitative estimate of drug-likeness (QED) is 0.576. The summed E-state index contributed by atoms with van der Waals surface area (Å²) in [5.74, 6) is 0. The van der Waals surface area contributed by atoms with Crippen LogP contribution in [-0.4, -0.2) is 43.3 Å². The van der Waals surface area contributed by atoms with E-state index in [-0.39, 0.29) is 18.2 Å². The molecule has 0 bridgehead atoms. The maximum atomic E-state index is 11.2. The summed E-state index contributed by atoms with van der Waals surface area (Å²) in [6.07, 6.45) is 0.289. The van der Waals surface area contributed by atoms with Crippen molar-refractivity contribution in [1.29, 1.82) is 0 Å². The second kappa shape index (κ2) is 3.76. The molecule has 0 aliphatic carbocycles. The van der Waals surface area contributed by atoms with Gasteiger partial charge >= 0.3 is 6.03 Å². The maximum Gasteiger partial charge on any atom is 0.317 e. The van der Waals surface area contributed by atoms with Crippen molar-refractivity contribution in [3.8, 4) is 0 Å². The van der Waals surface area contributed by atoms with Gasteiger partial charge < -0.3 is 15.0 Å². The smallest absolute Gasteiger partial charge is 0.317 e. The molecule has 70 valence electrons. The van der Waals surface area contributed by atoms with Crippen LogP contribution in [0.25, 0.3) is 0 Å². The van der Waals surface area contributed by atoms with Gasteiger partial charge in [0.1, 0.15) is 0 Å². The normalized spacial score (nSPS) is 30.1. The highest BCUT2D eigenvalue weighted by Gasteiger charge is 2.24. The molecule has 1 fully saturated rings. The minimum absolute atomic E-state index is 0.0167. The summed E-state index contributed by atoms with van der Waals surface area (Å²) < 4.78 is 5.49. The number of carbonyl (C=O) groups is 1. The van der Waals surface area contributed by atoms with E-state index in [4.69, 9.17) is 4.74 Å². The average Bonchev–Trinajstić information content (AvgIpc) is 2.01. The highest BCUT2D eigenvalue weighted by atomic mass is 16.5. The molecule has 0 aromatic carbocycles. The molecule has 1 rings (SSSR count). The molecule has 2 atom stereocenters. The van der Waals surface area contributed by atoms with Crippen LogP contribution in [0.3, 0.4) is 0 Å². The standard InChI is InChI=1S/C8H16N2O2/c1-6-4-10(8(11)9-3)5-7(2)12-6/h6-7H,4-5H2,1-3H3,(H,9,11)/t6-,7?/m0/s1.